The zero-order chi connectivity index (χ0) is 6.78. The van der Waals surface area contributed by atoms with Gasteiger partial charge in [-0.05, 0) is 12.2 Å². The van der Waals surface area contributed by atoms with Crippen molar-refractivity contribution in [2.45, 2.75) is 0 Å². The van der Waals surface area contributed by atoms with Crippen molar-refractivity contribution in [1.82, 2.24) is 0 Å². The fourth-order valence-corrected chi connectivity index (χ4v) is 0.511. The molecule has 0 aliphatic carbocycles. The zero-order valence-corrected chi connectivity index (χ0v) is 4.94. The van der Waals surface area contributed by atoms with Crippen molar-refractivity contribution in [2.75, 3.05) is 0 Å². The van der Waals surface area contributed by atoms with Crippen molar-refractivity contribution >= 4 is 28.0 Å². The van der Waals surface area contributed by atoms with Crippen molar-refractivity contribution in [2.24, 2.45) is 4.36 Å². The van der Waals surface area contributed by atoms with Crippen LogP contribution in [0.25, 0.3) is 0 Å². The predicted molar refractivity (Wildman–Crippen MR) is 26.5 cm³/mol. The molecule has 8 heavy (non-hydrogen) atoms. The molecular formula is CF3NOS2. The third-order valence-corrected chi connectivity index (χ3v) is 0.758. The Kier molecular flexibility index (Phi) is 2.35. The topological polar surface area (TPSA) is 29.4 Å². The highest BCUT2D eigenvalue weighted by Gasteiger charge is 2.01. The first kappa shape index (κ1) is 7.83. The number of rotatable bonds is 0. The lowest BCUT2D eigenvalue weighted by Crippen LogP contribution is -1.81. The molecule has 0 saturated heterocycles. The molecular weight excluding hydrogens is 163 g/mol. The number of nitrogens with zero attached hydrogens (tertiary/aromatic N) is 1. The van der Waals surface area contributed by atoms with E-state index in [0.29, 0.717) is 0 Å². The van der Waals surface area contributed by atoms with Gasteiger partial charge in [0.15, 0.2) is 0 Å². The molecule has 0 rings (SSSR count). The van der Waals surface area contributed by atoms with Crippen molar-refractivity contribution in [3.8, 4) is 0 Å². The first-order valence-corrected chi connectivity index (χ1v) is 3.00. The van der Waals surface area contributed by atoms with Crippen LogP contribution in [-0.4, -0.2) is 9.45 Å². The highest BCUT2D eigenvalue weighted by molar-refractivity contribution is 7.85. The van der Waals surface area contributed by atoms with Crippen LogP contribution in [0.1, 0.15) is 0 Å². The Balaban J connectivity index is 4.44. The lowest BCUT2D eigenvalue weighted by molar-refractivity contribution is 0.587. The van der Waals surface area contributed by atoms with Gasteiger partial charge in [0, 0.05) is 0 Å². The summed E-state index contributed by atoms with van der Waals surface area (Å²) in [6, 6.07) is 0. The Morgan fingerprint density at radius 2 is 2.00 bits per heavy atom. The molecule has 0 saturated carbocycles. The average Bonchev–Trinajstić information content (AvgIpc) is 1.21. The lowest BCUT2D eigenvalue weighted by Gasteiger charge is -1.77. The molecule has 7 heteroatoms. The molecule has 0 aromatic carbocycles. The minimum Gasteiger partial charge on any atom is -0.180 e. The molecule has 0 amide bonds. The van der Waals surface area contributed by atoms with Gasteiger partial charge >= 0.3 is 10.5 Å². The molecule has 0 spiro atoms. The summed E-state index contributed by atoms with van der Waals surface area (Å²) < 4.78 is 44.0. The molecule has 0 aromatic heterocycles. The summed E-state index contributed by atoms with van der Waals surface area (Å²) in [4.78, 5) is 0. The lowest BCUT2D eigenvalue weighted by atomic mass is 11.5. The van der Waals surface area contributed by atoms with Gasteiger partial charge < -0.3 is 0 Å². The standard InChI is InChI=1S/CF3NOS2/c2-1(7)5-8(3,4)6. The minimum absolute atomic E-state index is 1.67. The third-order valence-electron chi connectivity index (χ3n) is 0.178. The zero-order valence-electron chi connectivity index (χ0n) is 3.31. The molecule has 2 nitrogen and oxygen atoms in total. The summed E-state index contributed by atoms with van der Waals surface area (Å²) in [7, 11) is -5.36. The molecule has 48 valence electrons. The number of hydrogen-bond acceptors (Lipinski definition) is 2. The maximum absolute atomic E-state index is 11.1. The molecule has 0 radical (unpaired) electrons. The maximum Gasteiger partial charge on any atom is 0.374 e. The number of halogens is 3. The van der Waals surface area contributed by atoms with E-state index in [-0.39, 0.29) is 0 Å². The van der Waals surface area contributed by atoms with Crippen LogP contribution in [0.2, 0.25) is 0 Å². The molecule has 0 N–H and O–H groups in total. The molecule has 0 unspecified atom stereocenters. The van der Waals surface area contributed by atoms with Gasteiger partial charge in [-0.3, -0.25) is 0 Å². The van der Waals surface area contributed by atoms with Crippen LogP contribution in [-0.2, 0) is 10.5 Å². The van der Waals surface area contributed by atoms with Crippen LogP contribution in [0.3, 0.4) is 0 Å². The molecule has 0 heterocycles. The SMILES string of the molecule is O=S(F)(F)=NC(F)=S. The smallest absolute Gasteiger partial charge is 0.180 e. The van der Waals surface area contributed by atoms with Crippen LogP contribution in [0.5, 0.6) is 0 Å². The highest BCUT2D eigenvalue weighted by Crippen LogP contribution is 1.99. The van der Waals surface area contributed by atoms with E-state index in [2.05, 4.69) is 12.2 Å². The summed E-state index contributed by atoms with van der Waals surface area (Å²) in [5.41, 5.74) is 0. The Hall–Kier alpha value is -0.170. The molecule has 0 aromatic rings. The molecule has 0 atom stereocenters. The van der Waals surface area contributed by atoms with Crippen LogP contribution in [0.15, 0.2) is 4.36 Å². The average molecular weight is 163 g/mol. The van der Waals surface area contributed by atoms with E-state index in [1.54, 1.807) is 4.36 Å². The van der Waals surface area contributed by atoms with E-state index in [9.17, 15) is 12.2 Å². The van der Waals surface area contributed by atoms with Crippen molar-refractivity contribution < 1.29 is 16.4 Å². The summed E-state index contributed by atoms with van der Waals surface area (Å²) in [6.45, 7) is 0. The second-order valence-electron chi connectivity index (χ2n) is 0.741. The van der Waals surface area contributed by atoms with E-state index in [1.807, 2.05) is 0 Å². The van der Waals surface area contributed by atoms with Crippen molar-refractivity contribution in [1.29, 1.82) is 0 Å². The first-order valence-electron chi connectivity index (χ1n) is 1.27. The Bertz CT molecular complexity index is 195. The second-order valence-corrected chi connectivity index (χ2v) is 2.05. The molecule has 0 fully saturated rings. The van der Waals surface area contributed by atoms with Gasteiger partial charge in [0.05, 0.1) is 0 Å². The van der Waals surface area contributed by atoms with E-state index >= 15 is 0 Å². The fourth-order valence-electron chi connectivity index (χ4n) is 0.0836. The predicted octanol–water partition coefficient (Wildman–Crippen LogP) is 1.48. The summed E-state index contributed by atoms with van der Waals surface area (Å²) in [6.07, 6.45) is 0. The van der Waals surface area contributed by atoms with Gasteiger partial charge in [0.1, 0.15) is 0 Å². The van der Waals surface area contributed by atoms with E-state index in [0.717, 1.165) is 0 Å². The largest absolute Gasteiger partial charge is 0.374 e. The maximum atomic E-state index is 11.1. The normalized spacial score (nSPS) is 10.9. The van der Waals surface area contributed by atoms with E-state index in [1.165, 1.54) is 0 Å². The van der Waals surface area contributed by atoms with Gasteiger partial charge in [-0.2, -0.15) is 8.60 Å². The quantitative estimate of drug-likeness (QED) is 0.307. The highest BCUT2D eigenvalue weighted by atomic mass is 32.3. The summed E-state index contributed by atoms with van der Waals surface area (Å²) >= 11 is 3.45. The van der Waals surface area contributed by atoms with Gasteiger partial charge in [-0.1, -0.05) is 7.77 Å². The van der Waals surface area contributed by atoms with Gasteiger partial charge in [0.25, 0.3) is 5.24 Å². The Morgan fingerprint density at radius 1 is 1.62 bits per heavy atom. The van der Waals surface area contributed by atoms with E-state index in [4.69, 9.17) is 4.21 Å². The first-order chi connectivity index (χ1) is 3.42. The number of thiocarbonyl (C=S) groups is 1. The third kappa shape index (κ3) is 5.83. The number of hydrogen-bond donors (Lipinski definition) is 0. The van der Waals surface area contributed by atoms with Crippen molar-refractivity contribution in [3.05, 3.63) is 0 Å². The van der Waals surface area contributed by atoms with E-state index < -0.39 is 15.7 Å². The van der Waals surface area contributed by atoms with Crippen molar-refractivity contribution in [3.63, 3.8) is 0 Å². The molecule has 0 aliphatic heterocycles. The van der Waals surface area contributed by atoms with Gasteiger partial charge in [-0.15, -0.1) is 4.36 Å². The minimum atomic E-state index is -5.36. The monoisotopic (exact) mass is 163 g/mol. The van der Waals surface area contributed by atoms with Crippen LogP contribution >= 0.6 is 12.2 Å². The summed E-state index contributed by atoms with van der Waals surface area (Å²) in [5, 5.41) is -1.79. The summed E-state index contributed by atoms with van der Waals surface area (Å²) in [5.74, 6) is 0. The van der Waals surface area contributed by atoms with Crippen LogP contribution < -0.4 is 0 Å². The Labute approximate surface area is 49.5 Å². The molecule has 0 aliphatic rings. The Morgan fingerprint density at radius 3 is 2.00 bits per heavy atom. The fraction of sp³-hybridized carbons (Fsp3) is 0. The van der Waals surface area contributed by atoms with Crippen LogP contribution in [0.4, 0.5) is 12.2 Å². The van der Waals surface area contributed by atoms with Gasteiger partial charge in [-0.25, -0.2) is 0 Å². The van der Waals surface area contributed by atoms with Gasteiger partial charge in [0.2, 0.25) is 0 Å². The molecule has 0 bridgehead atoms. The van der Waals surface area contributed by atoms with Crippen LogP contribution in [0, 0.1) is 0 Å². The second kappa shape index (κ2) is 2.40.